The lowest BCUT2D eigenvalue weighted by atomic mass is 10.0. The third-order valence-electron chi connectivity index (χ3n) is 1.96. The van der Waals surface area contributed by atoms with Crippen molar-refractivity contribution in [1.29, 1.82) is 0 Å². The molecule has 0 radical (unpaired) electrons. The number of benzene rings is 1. The summed E-state index contributed by atoms with van der Waals surface area (Å²) in [4.78, 5) is 0. The van der Waals surface area contributed by atoms with Gasteiger partial charge >= 0.3 is 0 Å². The zero-order chi connectivity index (χ0) is 10.6. The van der Waals surface area contributed by atoms with Crippen molar-refractivity contribution in [1.82, 2.24) is 0 Å². The molecule has 0 spiro atoms. The zero-order valence-electron chi connectivity index (χ0n) is 7.84. The molecule has 0 aliphatic heterocycles. The maximum atomic E-state index is 12.9. The predicted octanol–water partition coefficient (Wildman–Crippen LogP) is 3.03. The van der Waals surface area contributed by atoms with Gasteiger partial charge in [-0.15, -0.1) is 6.58 Å². The van der Waals surface area contributed by atoms with Crippen LogP contribution in [0.1, 0.15) is 12.0 Å². The first kappa shape index (κ1) is 11.4. The molecule has 1 aromatic rings. The highest BCUT2D eigenvalue weighted by atomic mass is 79.9. The molecule has 0 aromatic heterocycles. The highest BCUT2D eigenvalue weighted by molar-refractivity contribution is 9.10. The van der Waals surface area contributed by atoms with Crippen molar-refractivity contribution in [3.63, 3.8) is 0 Å². The van der Waals surface area contributed by atoms with Gasteiger partial charge < -0.3 is 5.73 Å². The highest BCUT2D eigenvalue weighted by Gasteiger charge is 2.06. The van der Waals surface area contributed by atoms with Gasteiger partial charge in [0.05, 0.1) is 0 Å². The first-order valence-corrected chi connectivity index (χ1v) is 5.23. The number of hydrogen-bond donors (Lipinski definition) is 1. The van der Waals surface area contributed by atoms with E-state index in [0.717, 1.165) is 16.5 Å². The monoisotopic (exact) mass is 257 g/mol. The van der Waals surface area contributed by atoms with Crippen molar-refractivity contribution in [2.75, 3.05) is 0 Å². The maximum Gasteiger partial charge on any atom is 0.123 e. The zero-order valence-corrected chi connectivity index (χ0v) is 9.43. The Labute approximate surface area is 91.9 Å². The normalized spacial score (nSPS) is 12.5. The summed E-state index contributed by atoms with van der Waals surface area (Å²) in [5, 5.41) is 0. The molecule has 0 amide bonds. The van der Waals surface area contributed by atoms with E-state index in [2.05, 4.69) is 22.5 Å². The molecule has 1 unspecified atom stereocenters. The second kappa shape index (κ2) is 5.27. The summed E-state index contributed by atoms with van der Waals surface area (Å²) in [5.41, 5.74) is 6.72. The van der Waals surface area contributed by atoms with Crippen LogP contribution in [-0.2, 0) is 6.42 Å². The molecule has 1 rings (SSSR count). The third-order valence-corrected chi connectivity index (χ3v) is 2.73. The van der Waals surface area contributed by atoms with E-state index < -0.39 is 0 Å². The summed E-state index contributed by atoms with van der Waals surface area (Å²) in [6.45, 7) is 3.62. The molecule has 3 heteroatoms. The van der Waals surface area contributed by atoms with Crippen LogP contribution in [0.25, 0.3) is 0 Å². The van der Waals surface area contributed by atoms with Gasteiger partial charge in [-0.05, 0) is 36.6 Å². The lowest BCUT2D eigenvalue weighted by molar-refractivity contribution is 0.619. The molecule has 0 aliphatic carbocycles. The van der Waals surface area contributed by atoms with Gasteiger partial charge in [-0.2, -0.15) is 0 Å². The predicted molar refractivity (Wildman–Crippen MR) is 60.6 cm³/mol. The van der Waals surface area contributed by atoms with E-state index in [1.807, 2.05) is 0 Å². The van der Waals surface area contributed by atoms with Gasteiger partial charge in [0.15, 0.2) is 0 Å². The second-order valence-corrected chi connectivity index (χ2v) is 4.08. The summed E-state index contributed by atoms with van der Waals surface area (Å²) in [6, 6.07) is 4.64. The van der Waals surface area contributed by atoms with E-state index in [0.29, 0.717) is 6.42 Å². The number of rotatable bonds is 4. The minimum absolute atomic E-state index is 0.00519. The second-order valence-electron chi connectivity index (χ2n) is 3.22. The van der Waals surface area contributed by atoms with Crippen LogP contribution in [0.3, 0.4) is 0 Å². The molecule has 0 fully saturated rings. The van der Waals surface area contributed by atoms with Gasteiger partial charge in [0.25, 0.3) is 0 Å². The van der Waals surface area contributed by atoms with Gasteiger partial charge in [-0.3, -0.25) is 0 Å². The Morgan fingerprint density at radius 2 is 2.29 bits per heavy atom. The van der Waals surface area contributed by atoms with E-state index >= 15 is 0 Å². The molecular weight excluding hydrogens is 245 g/mol. The number of halogens is 2. The highest BCUT2D eigenvalue weighted by Crippen LogP contribution is 2.19. The van der Waals surface area contributed by atoms with Crippen LogP contribution in [0, 0.1) is 5.82 Å². The van der Waals surface area contributed by atoms with Crippen LogP contribution in [0.4, 0.5) is 4.39 Å². The van der Waals surface area contributed by atoms with Crippen LogP contribution in [0.5, 0.6) is 0 Å². The lowest BCUT2D eigenvalue weighted by Gasteiger charge is -2.10. The van der Waals surface area contributed by atoms with Gasteiger partial charge in [-0.1, -0.05) is 22.0 Å². The molecule has 14 heavy (non-hydrogen) atoms. The topological polar surface area (TPSA) is 26.0 Å². The molecule has 76 valence electrons. The number of nitrogens with two attached hydrogens (primary N) is 1. The van der Waals surface area contributed by atoms with Gasteiger partial charge in [-0.25, -0.2) is 4.39 Å². The Kier molecular flexibility index (Phi) is 4.29. The molecule has 1 nitrogen and oxygen atoms in total. The van der Waals surface area contributed by atoms with Gasteiger partial charge in [0, 0.05) is 10.5 Å². The third kappa shape index (κ3) is 3.24. The van der Waals surface area contributed by atoms with Crippen molar-refractivity contribution < 1.29 is 4.39 Å². The van der Waals surface area contributed by atoms with E-state index in [-0.39, 0.29) is 11.9 Å². The lowest BCUT2D eigenvalue weighted by Crippen LogP contribution is -2.22. The summed E-state index contributed by atoms with van der Waals surface area (Å²) < 4.78 is 13.8. The summed E-state index contributed by atoms with van der Waals surface area (Å²) >= 11 is 3.36. The fraction of sp³-hybridized carbons (Fsp3) is 0.273. The average Bonchev–Trinajstić information content (AvgIpc) is 2.12. The smallest absolute Gasteiger partial charge is 0.123 e. The minimum atomic E-state index is -0.228. The number of hydrogen-bond acceptors (Lipinski definition) is 1. The fourth-order valence-electron chi connectivity index (χ4n) is 1.28. The molecule has 1 atom stereocenters. The molecule has 0 aliphatic rings. The molecule has 0 heterocycles. The molecule has 0 bridgehead atoms. The Morgan fingerprint density at radius 3 is 2.93 bits per heavy atom. The fourth-order valence-corrected chi connectivity index (χ4v) is 1.69. The van der Waals surface area contributed by atoms with Crippen molar-refractivity contribution in [2.24, 2.45) is 5.73 Å². The van der Waals surface area contributed by atoms with Crippen LogP contribution in [0.2, 0.25) is 0 Å². The quantitative estimate of drug-likeness (QED) is 0.825. The average molecular weight is 258 g/mol. The Morgan fingerprint density at radius 1 is 1.57 bits per heavy atom. The minimum Gasteiger partial charge on any atom is -0.327 e. The standard InChI is InChI=1S/C11H13BrFN/c1-2-3-10(14)7-8-6-9(13)4-5-11(8)12/h2,4-6,10H,1,3,7,14H2. The van der Waals surface area contributed by atoms with Crippen molar-refractivity contribution in [2.45, 2.75) is 18.9 Å². The summed E-state index contributed by atoms with van der Waals surface area (Å²) in [7, 11) is 0. The van der Waals surface area contributed by atoms with E-state index in [4.69, 9.17) is 5.73 Å². The van der Waals surface area contributed by atoms with Gasteiger partial charge in [0.1, 0.15) is 5.82 Å². The maximum absolute atomic E-state index is 12.9. The molecular formula is C11H13BrFN. The van der Waals surface area contributed by atoms with Crippen LogP contribution in [0.15, 0.2) is 35.3 Å². The van der Waals surface area contributed by atoms with Crippen molar-refractivity contribution >= 4 is 15.9 Å². The molecule has 0 saturated carbocycles. The Hall–Kier alpha value is -0.670. The first-order chi connectivity index (χ1) is 6.63. The Balaban J connectivity index is 2.74. The van der Waals surface area contributed by atoms with Crippen molar-refractivity contribution in [3.8, 4) is 0 Å². The summed E-state index contributed by atoms with van der Waals surface area (Å²) in [6.07, 6.45) is 3.17. The van der Waals surface area contributed by atoms with Crippen LogP contribution >= 0.6 is 15.9 Å². The molecule has 1 aromatic carbocycles. The summed E-state index contributed by atoms with van der Waals surface area (Å²) in [5.74, 6) is -0.228. The van der Waals surface area contributed by atoms with E-state index in [1.165, 1.54) is 12.1 Å². The first-order valence-electron chi connectivity index (χ1n) is 4.44. The van der Waals surface area contributed by atoms with Crippen LogP contribution < -0.4 is 5.73 Å². The van der Waals surface area contributed by atoms with E-state index in [1.54, 1.807) is 12.1 Å². The van der Waals surface area contributed by atoms with Crippen LogP contribution in [-0.4, -0.2) is 6.04 Å². The van der Waals surface area contributed by atoms with Crippen molar-refractivity contribution in [3.05, 3.63) is 46.7 Å². The van der Waals surface area contributed by atoms with E-state index in [9.17, 15) is 4.39 Å². The molecule has 0 saturated heterocycles. The molecule has 2 N–H and O–H groups in total. The largest absolute Gasteiger partial charge is 0.327 e. The Bertz CT molecular complexity index is 325. The SMILES string of the molecule is C=CCC(N)Cc1cc(F)ccc1Br. The van der Waals surface area contributed by atoms with Gasteiger partial charge in [0.2, 0.25) is 0 Å².